The first-order valence-electron chi connectivity index (χ1n) is 6.98. The van der Waals surface area contributed by atoms with Crippen LogP contribution < -0.4 is 4.74 Å². The van der Waals surface area contributed by atoms with Crippen molar-refractivity contribution >= 4 is 16.8 Å². The smallest absolute Gasteiger partial charge is 0.268 e. The van der Waals surface area contributed by atoms with Crippen molar-refractivity contribution in [3.63, 3.8) is 0 Å². The number of aromatic nitrogens is 2. The summed E-state index contributed by atoms with van der Waals surface area (Å²) in [6.07, 6.45) is 1.76. The van der Waals surface area contributed by atoms with Crippen molar-refractivity contribution in [2.45, 2.75) is 20.0 Å². The van der Waals surface area contributed by atoms with E-state index < -0.39 is 0 Å². The minimum Gasteiger partial charge on any atom is -0.489 e. The van der Waals surface area contributed by atoms with Gasteiger partial charge in [-0.25, -0.2) is 4.98 Å². The molecule has 0 aliphatic carbocycles. The van der Waals surface area contributed by atoms with E-state index >= 15 is 0 Å². The predicted molar refractivity (Wildman–Crippen MR) is 80.7 cm³/mol. The number of nitrogens with zero attached hydrogens (tertiary/aromatic N) is 2. The predicted octanol–water partition coefficient (Wildman–Crippen LogP) is 3.49. The maximum Gasteiger partial charge on any atom is 0.268 e. The molecule has 4 nitrogen and oxygen atoms in total. The van der Waals surface area contributed by atoms with Crippen molar-refractivity contribution in [1.29, 1.82) is 0 Å². The fourth-order valence-electron chi connectivity index (χ4n) is 2.79. The summed E-state index contributed by atoms with van der Waals surface area (Å²) in [4.78, 5) is 17.3. The second-order valence-corrected chi connectivity index (χ2v) is 5.42. The van der Waals surface area contributed by atoms with E-state index in [0.29, 0.717) is 17.0 Å². The van der Waals surface area contributed by atoms with Crippen LogP contribution in [0.25, 0.3) is 22.3 Å². The Morgan fingerprint density at radius 2 is 1.95 bits per heavy atom. The molecule has 0 unspecified atom stereocenters. The summed E-state index contributed by atoms with van der Waals surface area (Å²) in [5.41, 5.74) is 2.95. The van der Waals surface area contributed by atoms with Crippen LogP contribution >= 0.6 is 0 Å². The number of para-hydroxylation sites is 1. The highest BCUT2D eigenvalue weighted by Gasteiger charge is 2.32. The van der Waals surface area contributed by atoms with Gasteiger partial charge in [-0.2, -0.15) is 0 Å². The third-order valence-electron chi connectivity index (χ3n) is 3.62. The van der Waals surface area contributed by atoms with E-state index in [1.54, 1.807) is 10.8 Å². The number of pyridine rings is 1. The molecular formula is C17H14N2O2. The van der Waals surface area contributed by atoms with E-state index in [9.17, 15) is 4.79 Å². The molecule has 0 spiro atoms. The van der Waals surface area contributed by atoms with Crippen LogP contribution in [0.4, 0.5) is 0 Å². The van der Waals surface area contributed by atoms with Crippen LogP contribution in [0.5, 0.6) is 5.75 Å². The van der Waals surface area contributed by atoms with Gasteiger partial charge in [0.1, 0.15) is 17.0 Å². The largest absolute Gasteiger partial charge is 0.489 e. The first-order valence-corrected chi connectivity index (χ1v) is 6.98. The van der Waals surface area contributed by atoms with Crippen molar-refractivity contribution in [3.05, 3.63) is 48.2 Å². The van der Waals surface area contributed by atoms with Gasteiger partial charge in [0, 0.05) is 11.6 Å². The molecule has 0 amide bonds. The molecule has 3 heterocycles. The number of benzene rings is 1. The number of hydrogen-bond donors (Lipinski definition) is 0. The summed E-state index contributed by atoms with van der Waals surface area (Å²) in [5.74, 6) is 0.568. The summed E-state index contributed by atoms with van der Waals surface area (Å²) in [6.45, 7) is 3.92. The van der Waals surface area contributed by atoms with E-state index in [1.807, 2.05) is 50.2 Å². The van der Waals surface area contributed by atoms with Gasteiger partial charge >= 0.3 is 0 Å². The molecule has 1 aromatic carbocycles. The molecule has 0 fully saturated rings. The lowest BCUT2D eigenvalue weighted by Crippen LogP contribution is -2.12. The van der Waals surface area contributed by atoms with Gasteiger partial charge in [0.05, 0.1) is 17.3 Å². The summed E-state index contributed by atoms with van der Waals surface area (Å²) in [6, 6.07) is 11.5. The molecule has 0 radical (unpaired) electrons. The van der Waals surface area contributed by atoms with Gasteiger partial charge in [-0.3, -0.25) is 9.36 Å². The summed E-state index contributed by atoms with van der Waals surface area (Å²) >= 11 is 0. The third-order valence-corrected chi connectivity index (χ3v) is 3.62. The quantitative estimate of drug-likeness (QED) is 0.563. The molecule has 1 aliphatic heterocycles. The number of fused-ring (bicyclic) bond motifs is 4. The first-order chi connectivity index (χ1) is 10.2. The van der Waals surface area contributed by atoms with Crippen molar-refractivity contribution in [2.24, 2.45) is 0 Å². The zero-order valence-corrected chi connectivity index (χ0v) is 11.8. The summed E-state index contributed by atoms with van der Waals surface area (Å²) < 4.78 is 7.60. The highest BCUT2D eigenvalue weighted by atomic mass is 16.5. The standard InChI is InChI=1S/C17H14N2O2/c1-10(2)21-16-11-6-3-4-7-12(11)18-15-13-8-5-9-19(13)17(20)14(15)16/h3-10H,1-2H3. The van der Waals surface area contributed by atoms with Gasteiger partial charge in [0.15, 0.2) is 0 Å². The van der Waals surface area contributed by atoms with Gasteiger partial charge in [-0.1, -0.05) is 12.1 Å². The Hall–Kier alpha value is -2.62. The van der Waals surface area contributed by atoms with Crippen LogP contribution in [0.3, 0.4) is 0 Å². The Bertz CT molecular complexity index is 878. The lowest BCUT2D eigenvalue weighted by Gasteiger charge is -2.15. The minimum atomic E-state index is -0.0705. The molecule has 104 valence electrons. The van der Waals surface area contributed by atoms with Gasteiger partial charge < -0.3 is 4.74 Å². The normalized spacial score (nSPS) is 12.8. The van der Waals surface area contributed by atoms with Gasteiger partial charge in [-0.05, 0) is 38.1 Å². The zero-order valence-electron chi connectivity index (χ0n) is 11.8. The fourth-order valence-corrected chi connectivity index (χ4v) is 2.79. The van der Waals surface area contributed by atoms with Gasteiger partial charge in [-0.15, -0.1) is 0 Å². The summed E-state index contributed by atoms with van der Waals surface area (Å²) in [5, 5.41) is 0.879. The van der Waals surface area contributed by atoms with Crippen LogP contribution in [0.2, 0.25) is 0 Å². The highest BCUT2D eigenvalue weighted by molar-refractivity contribution is 6.13. The highest BCUT2D eigenvalue weighted by Crippen LogP contribution is 2.40. The van der Waals surface area contributed by atoms with Crippen molar-refractivity contribution in [3.8, 4) is 17.1 Å². The average molecular weight is 278 g/mol. The number of carbonyl (C=O) groups is 1. The Kier molecular flexibility index (Phi) is 2.42. The second-order valence-electron chi connectivity index (χ2n) is 5.42. The van der Waals surface area contributed by atoms with E-state index in [2.05, 4.69) is 4.98 Å². The molecular weight excluding hydrogens is 264 g/mol. The SMILES string of the molecule is CC(C)Oc1c2c(nc3ccccc13)-c1cccn1C2=O. The minimum absolute atomic E-state index is 0.00679. The average Bonchev–Trinajstić information content (AvgIpc) is 3.03. The van der Waals surface area contributed by atoms with Crippen LogP contribution in [-0.2, 0) is 0 Å². The number of rotatable bonds is 2. The Balaban J connectivity index is 2.11. The Labute approximate surface area is 122 Å². The van der Waals surface area contributed by atoms with Crippen LogP contribution in [-0.4, -0.2) is 21.6 Å². The van der Waals surface area contributed by atoms with E-state index in [4.69, 9.17) is 4.74 Å². The molecule has 0 N–H and O–H groups in total. The fraction of sp³-hybridized carbons (Fsp3) is 0.176. The monoisotopic (exact) mass is 278 g/mol. The molecule has 0 bridgehead atoms. The number of ether oxygens (including phenoxy) is 1. The lowest BCUT2D eigenvalue weighted by molar-refractivity contribution is 0.0964. The van der Waals surface area contributed by atoms with Gasteiger partial charge in [0.2, 0.25) is 0 Å². The molecule has 4 heteroatoms. The van der Waals surface area contributed by atoms with Gasteiger partial charge in [0.25, 0.3) is 5.91 Å². The third kappa shape index (κ3) is 1.62. The van der Waals surface area contributed by atoms with E-state index in [1.165, 1.54) is 0 Å². The molecule has 4 rings (SSSR count). The molecule has 1 aliphatic rings. The van der Waals surface area contributed by atoms with Crippen LogP contribution in [0.1, 0.15) is 24.2 Å². The van der Waals surface area contributed by atoms with E-state index in [-0.39, 0.29) is 12.0 Å². The maximum absolute atomic E-state index is 12.6. The van der Waals surface area contributed by atoms with Crippen LogP contribution in [0, 0.1) is 0 Å². The topological polar surface area (TPSA) is 44.1 Å². The van der Waals surface area contributed by atoms with Crippen molar-refractivity contribution in [1.82, 2.24) is 9.55 Å². The molecule has 0 atom stereocenters. The lowest BCUT2D eigenvalue weighted by atomic mass is 10.1. The van der Waals surface area contributed by atoms with Crippen molar-refractivity contribution < 1.29 is 9.53 Å². The Morgan fingerprint density at radius 3 is 2.76 bits per heavy atom. The van der Waals surface area contributed by atoms with Crippen molar-refractivity contribution in [2.75, 3.05) is 0 Å². The second kappa shape index (κ2) is 4.19. The zero-order chi connectivity index (χ0) is 14.6. The molecule has 21 heavy (non-hydrogen) atoms. The first kappa shape index (κ1) is 12.1. The molecule has 2 aromatic heterocycles. The Morgan fingerprint density at radius 1 is 1.14 bits per heavy atom. The number of hydrogen-bond acceptors (Lipinski definition) is 3. The number of carbonyl (C=O) groups excluding carboxylic acids is 1. The maximum atomic E-state index is 12.6. The summed E-state index contributed by atoms with van der Waals surface area (Å²) in [7, 11) is 0. The molecule has 3 aromatic rings. The van der Waals surface area contributed by atoms with Crippen LogP contribution in [0.15, 0.2) is 42.6 Å². The molecule has 0 saturated heterocycles. The molecule has 0 saturated carbocycles. The van der Waals surface area contributed by atoms with E-state index in [0.717, 1.165) is 16.6 Å².